The molecule has 31 heavy (non-hydrogen) atoms. The lowest BCUT2D eigenvalue weighted by atomic mass is 10.0. The molecule has 1 aliphatic rings. The van der Waals surface area contributed by atoms with Crippen molar-refractivity contribution in [3.05, 3.63) is 76.7 Å². The molecule has 0 fully saturated rings. The van der Waals surface area contributed by atoms with Gasteiger partial charge in [0, 0.05) is 25.5 Å². The topological polar surface area (TPSA) is 50.5 Å². The molecule has 0 N–H and O–H groups in total. The Balaban J connectivity index is 1.68. The van der Waals surface area contributed by atoms with Crippen molar-refractivity contribution in [3.8, 4) is 0 Å². The first kappa shape index (κ1) is 21.0. The van der Waals surface area contributed by atoms with Crippen molar-refractivity contribution in [1.82, 2.24) is 19.3 Å². The molecule has 3 aromatic heterocycles. The molecule has 0 atom stereocenters. The molecule has 0 saturated carbocycles. The molecule has 4 heterocycles. The number of nitrogens with zero attached hydrogens (tertiary/aromatic N) is 4. The number of amides is 1. The fourth-order valence-electron chi connectivity index (χ4n) is 3.44. The molecule has 0 spiro atoms. The second-order valence-corrected chi connectivity index (χ2v) is 7.26. The third-order valence-corrected chi connectivity index (χ3v) is 5.35. The van der Waals surface area contributed by atoms with Gasteiger partial charge >= 0.3 is 6.18 Å². The van der Waals surface area contributed by atoms with E-state index in [1.165, 1.54) is 35.5 Å². The smallest absolute Gasteiger partial charge is 0.333 e. The van der Waals surface area contributed by atoms with Gasteiger partial charge in [-0.2, -0.15) is 13.2 Å². The summed E-state index contributed by atoms with van der Waals surface area (Å²) in [6, 6.07) is 3.68. The van der Waals surface area contributed by atoms with Gasteiger partial charge in [0.15, 0.2) is 11.3 Å². The number of carbonyl (C=O) groups excluding carboxylic acids is 1. The van der Waals surface area contributed by atoms with E-state index in [2.05, 4.69) is 16.5 Å². The molecule has 0 unspecified atom stereocenters. The summed E-state index contributed by atoms with van der Waals surface area (Å²) in [6.45, 7) is 3.83. The Morgan fingerprint density at radius 1 is 1.32 bits per heavy atom. The molecule has 160 valence electrons. The maximum Gasteiger partial charge on any atom is 0.420 e. The van der Waals surface area contributed by atoms with Gasteiger partial charge in [-0.05, 0) is 35.8 Å². The van der Waals surface area contributed by atoms with E-state index in [1.807, 2.05) is 0 Å². The van der Waals surface area contributed by atoms with Gasteiger partial charge in [0.25, 0.3) is 5.91 Å². The third-order valence-electron chi connectivity index (χ3n) is 4.99. The summed E-state index contributed by atoms with van der Waals surface area (Å²) in [5.74, 6) is -1.08. The second-order valence-electron chi connectivity index (χ2n) is 6.90. The Kier molecular flexibility index (Phi) is 5.30. The molecule has 0 bridgehead atoms. The lowest BCUT2D eigenvalue weighted by Gasteiger charge is -2.25. The maximum atomic E-state index is 13.9. The van der Waals surface area contributed by atoms with Crippen molar-refractivity contribution in [1.29, 1.82) is 0 Å². The van der Waals surface area contributed by atoms with Gasteiger partial charge in [0.2, 0.25) is 0 Å². The first-order chi connectivity index (χ1) is 14.7. The van der Waals surface area contributed by atoms with E-state index in [1.54, 1.807) is 6.08 Å². The summed E-state index contributed by atoms with van der Waals surface area (Å²) < 4.78 is 55.5. The van der Waals surface area contributed by atoms with Gasteiger partial charge < -0.3 is 4.90 Å². The van der Waals surface area contributed by atoms with Crippen LogP contribution in [0.25, 0.3) is 17.3 Å². The van der Waals surface area contributed by atoms with E-state index in [4.69, 9.17) is 11.6 Å². The number of alkyl halides is 3. The highest BCUT2D eigenvalue weighted by atomic mass is 35.5. The lowest BCUT2D eigenvalue weighted by molar-refractivity contribution is -0.136. The third kappa shape index (κ3) is 3.81. The zero-order valence-corrected chi connectivity index (χ0v) is 16.7. The number of hydrogen-bond acceptors (Lipinski definition) is 3. The minimum absolute atomic E-state index is 0.123. The van der Waals surface area contributed by atoms with Gasteiger partial charge in [0.05, 0.1) is 5.56 Å². The highest BCUT2D eigenvalue weighted by Gasteiger charge is 2.36. The molecule has 10 heteroatoms. The number of halogens is 5. The van der Waals surface area contributed by atoms with Crippen LogP contribution in [-0.2, 0) is 6.18 Å². The standard InChI is InChI=1S/C21H15ClF4N4O/c1-2-12-10-14(21(24,25)26)19-28-17(18(22)30(19)11-12)20(31)29-8-5-13(6-9-29)16-15(23)4-3-7-27-16/h2-5,7,10-11H,1,6,8-9H2. The zero-order chi connectivity index (χ0) is 22.3. The van der Waals surface area contributed by atoms with Crippen LogP contribution in [0.3, 0.4) is 0 Å². The summed E-state index contributed by atoms with van der Waals surface area (Å²) in [7, 11) is 0. The largest absolute Gasteiger partial charge is 0.420 e. The molecular formula is C21H15ClF4N4O. The molecule has 0 radical (unpaired) electrons. The second kappa shape index (κ2) is 7.81. The van der Waals surface area contributed by atoms with Crippen molar-refractivity contribution in [2.24, 2.45) is 0 Å². The highest BCUT2D eigenvalue weighted by molar-refractivity contribution is 6.33. The monoisotopic (exact) mass is 450 g/mol. The Bertz CT molecular complexity index is 1230. The van der Waals surface area contributed by atoms with Crippen LogP contribution in [0.5, 0.6) is 0 Å². The van der Waals surface area contributed by atoms with Crippen LogP contribution in [0.2, 0.25) is 5.15 Å². The molecule has 0 aromatic carbocycles. The molecular weight excluding hydrogens is 436 g/mol. The van der Waals surface area contributed by atoms with Crippen LogP contribution >= 0.6 is 11.6 Å². The van der Waals surface area contributed by atoms with Crippen molar-refractivity contribution in [2.45, 2.75) is 12.6 Å². The predicted molar refractivity (Wildman–Crippen MR) is 108 cm³/mol. The van der Waals surface area contributed by atoms with Crippen LogP contribution < -0.4 is 0 Å². The van der Waals surface area contributed by atoms with Gasteiger partial charge in [0.1, 0.15) is 16.7 Å². The molecule has 0 aliphatic carbocycles. The maximum absolute atomic E-state index is 13.9. The Hall–Kier alpha value is -3.20. The molecule has 3 aromatic rings. The molecule has 5 nitrogen and oxygen atoms in total. The molecule has 4 rings (SSSR count). The van der Waals surface area contributed by atoms with Crippen LogP contribution in [0.4, 0.5) is 17.6 Å². The van der Waals surface area contributed by atoms with E-state index < -0.39 is 29.1 Å². The van der Waals surface area contributed by atoms with Gasteiger partial charge in [-0.1, -0.05) is 30.3 Å². The van der Waals surface area contributed by atoms with E-state index in [-0.39, 0.29) is 35.2 Å². The number of carbonyl (C=O) groups is 1. The van der Waals surface area contributed by atoms with E-state index in [0.29, 0.717) is 12.0 Å². The number of aromatic nitrogens is 3. The average molecular weight is 451 g/mol. The van der Waals surface area contributed by atoms with E-state index in [0.717, 1.165) is 10.5 Å². The fourth-order valence-corrected chi connectivity index (χ4v) is 3.69. The predicted octanol–water partition coefficient (Wildman–Crippen LogP) is 5.11. The van der Waals surface area contributed by atoms with Crippen molar-refractivity contribution in [3.63, 3.8) is 0 Å². The summed E-state index contributed by atoms with van der Waals surface area (Å²) in [6.07, 6.45) is 1.36. The Morgan fingerprint density at radius 3 is 2.71 bits per heavy atom. The quantitative estimate of drug-likeness (QED) is 0.521. The SMILES string of the molecule is C=Cc1cc(C(F)(F)F)c2nc(C(=O)N3CC=C(c4ncccc4F)CC3)c(Cl)n2c1. The van der Waals surface area contributed by atoms with Crippen molar-refractivity contribution >= 4 is 34.8 Å². The molecule has 0 saturated heterocycles. The number of imidazole rings is 1. The van der Waals surface area contributed by atoms with Gasteiger partial charge in [-0.3, -0.25) is 14.2 Å². The van der Waals surface area contributed by atoms with E-state index >= 15 is 0 Å². The Labute approximate surface area is 179 Å². The minimum atomic E-state index is -4.69. The lowest BCUT2D eigenvalue weighted by Crippen LogP contribution is -2.35. The summed E-state index contributed by atoms with van der Waals surface area (Å²) in [4.78, 5) is 22.3. The number of rotatable bonds is 3. The van der Waals surface area contributed by atoms with Crippen LogP contribution in [-0.4, -0.2) is 38.3 Å². The molecule has 1 amide bonds. The average Bonchev–Trinajstić information content (AvgIpc) is 3.08. The normalized spacial score (nSPS) is 14.6. The van der Waals surface area contributed by atoms with Gasteiger partial charge in [-0.25, -0.2) is 9.37 Å². The van der Waals surface area contributed by atoms with Crippen LogP contribution in [0.15, 0.2) is 43.2 Å². The summed E-state index contributed by atoms with van der Waals surface area (Å²) in [5.41, 5.74) is -0.715. The van der Waals surface area contributed by atoms with Crippen LogP contribution in [0.1, 0.15) is 33.7 Å². The minimum Gasteiger partial charge on any atom is -0.333 e. The first-order valence-electron chi connectivity index (χ1n) is 9.21. The Morgan fingerprint density at radius 2 is 2.10 bits per heavy atom. The van der Waals surface area contributed by atoms with E-state index in [9.17, 15) is 22.4 Å². The fraction of sp³-hybridized carbons (Fsp3) is 0.190. The van der Waals surface area contributed by atoms with Crippen LogP contribution in [0, 0.1) is 5.82 Å². The summed E-state index contributed by atoms with van der Waals surface area (Å²) >= 11 is 6.24. The zero-order valence-electron chi connectivity index (χ0n) is 16.0. The molecule has 1 aliphatic heterocycles. The highest BCUT2D eigenvalue weighted by Crippen LogP contribution is 2.35. The van der Waals surface area contributed by atoms with Gasteiger partial charge in [-0.15, -0.1) is 0 Å². The number of pyridine rings is 2. The van der Waals surface area contributed by atoms with Crippen molar-refractivity contribution in [2.75, 3.05) is 13.1 Å². The number of hydrogen-bond donors (Lipinski definition) is 0. The first-order valence-corrected chi connectivity index (χ1v) is 9.59. The number of fused-ring (bicyclic) bond motifs is 1. The van der Waals surface area contributed by atoms with Crippen molar-refractivity contribution < 1.29 is 22.4 Å². The summed E-state index contributed by atoms with van der Waals surface area (Å²) in [5, 5.41) is -0.222.